The van der Waals surface area contributed by atoms with Gasteiger partial charge in [0, 0.05) is 30.6 Å². The largest absolute Gasteiger partial charge is 0.390 e. The molecule has 1 aliphatic rings. The van der Waals surface area contributed by atoms with Crippen LogP contribution in [0.4, 0.5) is 33.6 Å². The highest BCUT2D eigenvalue weighted by Crippen LogP contribution is 2.31. The normalized spacial score (nSPS) is 18.5. The zero-order chi connectivity index (χ0) is 28.4. The van der Waals surface area contributed by atoms with Crippen LogP contribution in [-0.2, 0) is 10.0 Å². The summed E-state index contributed by atoms with van der Waals surface area (Å²) in [6.07, 6.45) is -4.00. The van der Waals surface area contributed by atoms with Crippen molar-refractivity contribution in [1.29, 1.82) is 0 Å². The van der Waals surface area contributed by atoms with E-state index >= 15 is 0 Å². The number of hydrogen-bond acceptors (Lipinski definition) is 7. The number of halogens is 5. The monoisotopic (exact) mass is 572 g/mol. The molecule has 3 aromatic rings. The number of piperidine rings is 1. The minimum Gasteiger partial charge on any atom is -0.350 e. The molecule has 1 aliphatic heterocycles. The highest BCUT2D eigenvalue weighted by atomic mass is 32.2. The molecule has 0 amide bonds. The van der Waals surface area contributed by atoms with Crippen LogP contribution in [0.25, 0.3) is 22.3 Å². The number of sulfonamides is 1. The zero-order valence-electron chi connectivity index (χ0n) is 21.3. The van der Waals surface area contributed by atoms with Crippen molar-refractivity contribution in [1.82, 2.24) is 20.3 Å². The summed E-state index contributed by atoms with van der Waals surface area (Å²) in [6.45, 7) is 4.81. The number of nitrogens with one attached hydrogen (secondary N) is 3. The first-order chi connectivity index (χ1) is 18.3. The highest BCUT2D eigenvalue weighted by molar-refractivity contribution is 7.92. The first-order valence-electron chi connectivity index (χ1n) is 12.4. The minimum atomic E-state index is -4.65. The van der Waals surface area contributed by atoms with Gasteiger partial charge in [-0.2, -0.15) is 13.2 Å². The molecule has 8 nitrogen and oxygen atoms in total. The van der Waals surface area contributed by atoms with Crippen molar-refractivity contribution < 1.29 is 30.4 Å². The predicted octanol–water partition coefficient (Wildman–Crippen LogP) is 5.01. The van der Waals surface area contributed by atoms with Crippen LogP contribution < -0.4 is 15.4 Å². The van der Waals surface area contributed by atoms with Crippen LogP contribution in [0.1, 0.15) is 38.2 Å². The summed E-state index contributed by atoms with van der Waals surface area (Å²) in [6, 6.07) is 5.36. The van der Waals surface area contributed by atoms with E-state index in [1.165, 1.54) is 6.07 Å². The number of fused-ring (bicyclic) bond motifs is 1. The maximum absolute atomic E-state index is 14.8. The highest BCUT2D eigenvalue weighted by Gasteiger charge is 2.30. The van der Waals surface area contributed by atoms with Gasteiger partial charge in [0.2, 0.25) is 16.0 Å². The topological polar surface area (TPSA) is 109 Å². The van der Waals surface area contributed by atoms with Gasteiger partial charge in [0.05, 0.1) is 41.9 Å². The van der Waals surface area contributed by atoms with Gasteiger partial charge >= 0.3 is 6.18 Å². The number of aromatic nitrogens is 3. The molecule has 0 unspecified atom stereocenters. The molecule has 3 heterocycles. The molecule has 0 saturated carbocycles. The van der Waals surface area contributed by atoms with Gasteiger partial charge < -0.3 is 10.6 Å². The van der Waals surface area contributed by atoms with E-state index in [0.29, 0.717) is 47.7 Å². The summed E-state index contributed by atoms with van der Waals surface area (Å²) in [7, 11) is -4.40. The Morgan fingerprint density at radius 3 is 2.59 bits per heavy atom. The average molecular weight is 573 g/mol. The second-order valence-electron chi connectivity index (χ2n) is 9.92. The molecule has 4 rings (SSSR count). The van der Waals surface area contributed by atoms with Crippen molar-refractivity contribution in [3.8, 4) is 11.3 Å². The minimum absolute atomic E-state index is 0.00817. The molecule has 0 bridgehead atoms. The number of pyridine rings is 1. The fourth-order valence-electron chi connectivity index (χ4n) is 4.37. The Kier molecular flexibility index (Phi) is 8.54. The molecule has 0 spiro atoms. The van der Waals surface area contributed by atoms with E-state index in [4.69, 9.17) is 0 Å². The average Bonchev–Trinajstić information content (AvgIpc) is 2.87. The molecule has 39 heavy (non-hydrogen) atoms. The lowest BCUT2D eigenvalue weighted by Crippen LogP contribution is -2.44. The van der Waals surface area contributed by atoms with Gasteiger partial charge in [0.1, 0.15) is 11.3 Å². The van der Waals surface area contributed by atoms with Crippen molar-refractivity contribution >= 4 is 32.7 Å². The molecule has 1 saturated heterocycles. The maximum Gasteiger partial charge on any atom is 0.390 e. The molecule has 0 aliphatic carbocycles. The van der Waals surface area contributed by atoms with Crippen molar-refractivity contribution in [3.05, 3.63) is 41.8 Å². The molecule has 1 fully saturated rings. The van der Waals surface area contributed by atoms with E-state index in [1.54, 1.807) is 12.3 Å². The summed E-state index contributed by atoms with van der Waals surface area (Å²) in [5, 5.41) is 6.45. The Morgan fingerprint density at radius 1 is 1.15 bits per heavy atom. The Balaban J connectivity index is 1.59. The number of hydrogen-bond donors (Lipinski definition) is 3. The number of benzene rings is 1. The van der Waals surface area contributed by atoms with E-state index in [9.17, 15) is 30.4 Å². The summed E-state index contributed by atoms with van der Waals surface area (Å²) < 4.78 is 90.9. The Hall–Kier alpha value is -3.13. The number of nitrogens with zero attached hydrogens (tertiary/aromatic N) is 3. The van der Waals surface area contributed by atoms with Crippen LogP contribution in [0.2, 0.25) is 0 Å². The van der Waals surface area contributed by atoms with Gasteiger partial charge in [0.15, 0.2) is 0 Å². The first kappa shape index (κ1) is 28.9. The van der Waals surface area contributed by atoms with Crippen LogP contribution >= 0.6 is 0 Å². The predicted molar refractivity (Wildman–Crippen MR) is 139 cm³/mol. The Bertz CT molecular complexity index is 1430. The van der Waals surface area contributed by atoms with E-state index < -0.39 is 46.6 Å². The van der Waals surface area contributed by atoms with Crippen LogP contribution in [0, 0.1) is 11.7 Å². The number of rotatable bonds is 9. The quantitative estimate of drug-likeness (QED) is 0.310. The van der Waals surface area contributed by atoms with Gasteiger partial charge in [-0.15, -0.1) is 0 Å². The fourth-order valence-corrected chi connectivity index (χ4v) is 5.47. The van der Waals surface area contributed by atoms with Crippen LogP contribution in [0.3, 0.4) is 0 Å². The molecular weight excluding hydrogens is 543 g/mol. The summed E-state index contributed by atoms with van der Waals surface area (Å²) in [5.41, 5.74) is 2.15. The molecule has 2 aromatic heterocycles. The molecular formula is C25H29F5N6O2S. The second kappa shape index (κ2) is 11.5. The van der Waals surface area contributed by atoms with E-state index in [2.05, 4.69) is 25.6 Å². The van der Waals surface area contributed by atoms with Gasteiger partial charge in [-0.25, -0.2) is 27.8 Å². The van der Waals surface area contributed by atoms with Crippen molar-refractivity contribution in [3.63, 3.8) is 0 Å². The van der Waals surface area contributed by atoms with Crippen LogP contribution in [0.15, 0.2) is 30.5 Å². The lowest BCUT2D eigenvalue weighted by atomic mass is 9.97. The Labute approximate surface area is 222 Å². The maximum atomic E-state index is 14.8. The summed E-state index contributed by atoms with van der Waals surface area (Å²) in [4.78, 5) is 13.6. The standard InChI is InChI=1S/C25H29F5N6O2S/c1-14(2)18-9-21(16-3-4-20(19(27)8-16)36-39(37,38)6-5-25(28,29)30)34-22-13-32-24(35-23(18)22)33-17-7-15(10-26)11-31-12-17/h3-4,8-9,13-15,17,31,36H,5-7,10-12H2,1-2H3,(H,32,33,35)/t15-,17-/m0/s1. The molecule has 2 atom stereocenters. The Morgan fingerprint density at radius 2 is 1.92 bits per heavy atom. The van der Waals surface area contributed by atoms with E-state index in [0.717, 1.165) is 17.7 Å². The van der Waals surface area contributed by atoms with Crippen molar-refractivity contribution in [2.75, 3.05) is 35.6 Å². The van der Waals surface area contributed by atoms with E-state index in [-0.39, 0.29) is 17.9 Å². The van der Waals surface area contributed by atoms with Gasteiger partial charge in [-0.05, 0) is 36.1 Å². The third-order valence-electron chi connectivity index (χ3n) is 6.38. The second-order valence-corrected chi connectivity index (χ2v) is 11.8. The lowest BCUT2D eigenvalue weighted by Gasteiger charge is -2.29. The van der Waals surface area contributed by atoms with Gasteiger partial charge in [-0.3, -0.25) is 9.11 Å². The van der Waals surface area contributed by atoms with Crippen LogP contribution in [-0.4, -0.2) is 61.1 Å². The SMILES string of the molecule is CC(C)c1cc(-c2ccc(NS(=O)(=O)CCC(F)(F)F)c(F)c2)nc2cnc(N[C@@H]3CNC[C@H](CF)C3)nc12. The van der Waals surface area contributed by atoms with E-state index in [1.807, 2.05) is 18.6 Å². The summed E-state index contributed by atoms with van der Waals surface area (Å²) in [5.74, 6) is -1.85. The molecule has 0 radical (unpaired) electrons. The first-order valence-corrected chi connectivity index (χ1v) is 14.1. The van der Waals surface area contributed by atoms with Gasteiger partial charge in [-0.1, -0.05) is 19.9 Å². The van der Waals surface area contributed by atoms with Crippen LogP contribution in [0.5, 0.6) is 0 Å². The molecule has 212 valence electrons. The van der Waals surface area contributed by atoms with Crippen molar-refractivity contribution in [2.45, 2.75) is 44.8 Å². The lowest BCUT2D eigenvalue weighted by molar-refractivity contribution is -0.129. The number of alkyl halides is 4. The molecule has 1 aromatic carbocycles. The number of anilines is 2. The third-order valence-corrected chi connectivity index (χ3v) is 7.65. The molecule has 3 N–H and O–H groups in total. The smallest absolute Gasteiger partial charge is 0.350 e. The zero-order valence-corrected chi connectivity index (χ0v) is 22.1. The molecule has 14 heteroatoms. The third kappa shape index (κ3) is 7.50. The summed E-state index contributed by atoms with van der Waals surface area (Å²) >= 11 is 0. The van der Waals surface area contributed by atoms with Crippen molar-refractivity contribution in [2.24, 2.45) is 5.92 Å². The fraction of sp³-hybridized carbons (Fsp3) is 0.480. The van der Waals surface area contributed by atoms with Gasteiger partial charge in [0.25, 0.3) is 0 Å².